The van der Waals surface area contributed by atoms with Crippen LogP contribution in [-0.2, 0) is 83.8 Å². The zero-order valence-corrected chi connectivity index (χ0v) is 68.3. The van der Waals surface area contributed by atoms with Crippen LogP contribution in [0.15, 0.2) is 108 Å². The number of fused-ring (bicyclic) bond motifs is 8. The molecule has 8 aromatic heterocycles. The summed E-state index contributed by atoms with van der Waals surface area (Å²) in [6.07, 6.45) is -18.2. The quantitative estimate of drug-likeness (QED) is 0.00877. The lowest BCUT2D eigenvalue weighted by molar-refractivity contribution is -0.185. The van der Waals surface area contributed by atoms with Crippen molar-refractivity contribution in [3.05, 3.63) is 153 Å². The molecule has 6 saturated heterocycles. The lowest BCUT2D eigenvalue weighted by Gasteiger charge is -2.31. The summed E-state index contributed by atoms with van der Waals surface area (Å²) in [5.41, 5.74) is -3.87. The number of H-pyrrole nitrogens is 2. The summed E-state index contributed by atoms with van der Waals surface area (Å²) in [6, 6.07) is 16.9. The van der Waals surface area contributed by atoms with E-state index in [-0.39, 0.29) is 116 Å². The molecule has 680 valence electrons. The van der Waals surface area contributed by atoms with Gasteiger partial charge in [-0.25, -0.2) is 80.5 Å². The largest absolute Gasteiger partial charge is 0.506 e. The third kappa shape index (κ3) is 18.6. The standard InChI is InChI=1S/C37H39FN11O13P.C36H37FN11O14P.2CH4/c1-5-37-14-56-25(34(61-37)48-16-42-22-27(40-15-41-28(22)48)44-31(51)19-9-7-6-8-10-19)26(37)62-63(55,57-12-11-39-4)58-13-20-21(38)24(60-36(53)54)33(59-20)49-17-43-23-29(49)45-35(47-32(23)52)46-30(50)18(2)3;1-17(2)29(50)45-34-44-28-22(31(52)46-34)42-16-48(28)32-23(60-35(53)54)20(37)19(59-32)11-58-63(55,57-10-9-38-3)62-25-24-33(61-36(25,12-49)13-56-24)47-15-41-21-26(39-14-40-27(21)47)43-30(51)18-7-5-4-6-8-18;;/h6-10,15-18,20-21,24-26,33-34H,5,11-14H2,1-3H3,(H,53,54)(H,40,41,44,51)(H2,45,46,47,50,52);4-8,14-17,19-20,23-25,32-33,49H,9-13H2,1-2H3,(H,53,54)(H,39,40,43,51)(H2,44,45,46,50,52);2*1H4/t20-,21-,24-,25-,26+,33-,34-,37+,63?;19-,20?,23?,24-,25+,32-,33-,36+,63?;;/m11../s1. The minimum Gasteiger partial charge on any atom is -0.450 e. The number of carboxylic acid groups (broad SMARTS) is 2. The molecule has 2 aromatic carbocycles. The van der Waals surface area contributed by atoms with Crippen molar-refractivity contribution in [1.29, 1.82) is 0 Å². The Balaban J connectivity index is 0.000000215. The number of amides is 4. The minimum atomic E-state index is -4.91. The smallest absolute Gasteiger partial charge is 0.450 e. The molecule has 0 saturated carbocycles. The fourth-order valence-corrected chi connectivity index (χ4v) is 17.3. The fraction of sp³-hybridized carbons (Fsp3) is 0.467. The Bertz CT molecular complexity index is 5750. The number of benzene rings is 2. The molecule has 6 aliphatic rings. The van der Waals surface area contributed by atoms with E-state index in [9.17, 15) is 62.8 Å². The van der Waals surface area contributed by atoms with E-state index < -0.39 is 205 Å². The summed E-state index contributed by atoms with van der Waals surface area (Å²) >= 11 is 0. The first-order chi connectivity index (χ1) is 60.5. The number of rotatable bonds is 32. The van der Waals surface area contributed by atoms with E-state index in [0.717, 1.165) is 21.8 Å². The highest BCUT2D eigenvalue weighted by Crippen LogP contribution is 2.61. The molecule has 14 heterocycles. The van der Waals surface area contributed by atoms with Crippen molar-refractivity contribution in [2.24, 2.45) is 11.8 Å². The van der Waals surface area contributed by atoms with Gasteiger partial charge in [-0.3, -0.25) is 94.8 Å². The number of nitrogens with one attached hydrogen (secondary N) is 6. The number of carbonyl (C=O) groups excluding carboxylic acids is 4. The van der Waals surface area contributed by atoms with Gasteiger partial charge in [0.2, 0.25) is 36.8 Å². The number of aromatic nitrogens is 16. The van der Waals surface area contributed by atoms with E-state index in [4.69, 9.17) is 78.2 Å². The molecule has 4 amide bonds. The van der Waals surface area contributed by atoms with Crippen molar-refractivity contribution < 1.29 is 127 Å². The number of aromatic amines is 2. The first-order valence-corrected chi connectivity index (χ1v) is 41.4. The minimum absolute atomic E-state index is 0. The summed E-state index contributed by atoms with van der Waals surface area (Å²) in [6.45, 7) is 18.3. The van der Waals surface area contributed by atoms with E-state index in [1.54, 1.807) is 99.8 Å². The number of hydrogen-bond acceptors (Lipinski definition) is 35. The van der Waals surface area contributed by atoms with Crippen LogP contribution in [0.1, 0.15) is 102 Å². The number of hydrogen-bond donors (Lipinski definition) is 9. The van der Waals surface area contributed by atoms with Crippen molar-refractivity contribution in [3.63, 3.8) is 0 Å². The maximum absolute atomic E-state index is 16.3. The van der Waals surface area contributed by atoms with Gasteiger partial charge in [-0.2, -0.15) is 9.97 Å². The van der Waals surface area contributed by atoms with Gasteiger partial charge in [0, 0.05) is 23.0 Å². The molecule has 128 heavy (non-hydrogen) atoms. The monoisotopic (exact) mass is 1820 g/mol. The Morgan fingerprint density at radius 2 is 0.938 bits per heavy atom. The molecule has 9 N–H and O–H groups in total. The van der Waals surface area contributed by atoms with Crippen LogP contribution >= 0.6 is 15.6 Å². The molecule has 53 heteroatoms. The molecule has 0 radical (unpaired) electrons. The number of aliphatic hydroxyl groups is 1. The number of halogens is 2. The molecule has 18 atom stereocenters. The number of aliphatic hydroxyl groups excluding tert-OH is 1. The Hall–Kier alpha value is -12.6. The van der Waals surface area contributed by atoms with Crippen LogP contribution in [0.5, 0.6) is 0 Å². The topological polar surface area (TPSA) is 598 Å². The molecule has 4 bridgehead atoms. The zero-order chi connectivity index (χ0) is 89.3. The number of imidazole rings is 4. The zero-order valence-electron chi connectivity index (χ0n) is 66.5. The summed E-state index contributed by atoms with van der Waals surface area (Å²) in [4.78, 5) is 153. The second kappa shape index (κ2) is 38.6. The van der Waals surface area contributed by atoms with Gasteiger partial charge in [-0.1, -0.05) is 85.9 Å². The van der Waals surface area contributed by atoms with Gasteiger partial charge in [0.1, 0.15) is 73.7 Å². The van der Waals surface area contributed by atoms with Gasteiger partial charge in [0.15, 0.2) is 106 Å². The lowest BCUT2D eigenvalue weighted by Crippen LogP contribution is -2.45. The molecule has 0 spiro atoms. The van der Waals surface area contributed by atoms with Gasteiger partial charge in [-0.05, 0) is 30.7 Å². The Kier molecular flexibility index (Phi) is 28.0. The molecule has 0 aliphatic carbocycles. The van der Waals surface area contributed by atoms with E-state index in [1.165, 1.54) is 29.9 Å². The van der Waals surface area contributed by atoms with Crippen LogP contribution in [0.25, 0.3) is 54.3 Å². The van der Waals surface area contributed by atoms with Gasteiger partial charge in [0.25, 0.3) is 22.9 Å². The predicted molar refractivity (Wildman–Crippen MR) is 434 cm³/mol. The SMILES string of the molecule is C.C.[C-]#[N+]CCOP(=O)(OC[C@H]1O[C@@H](n2cnc3c(=O)[nH]c(NC(=O)C(C)C)nc32)C(OC(=O)O)C1F)O[C@H]1[C@H]2OC[C@]1(CO)O[C@H]2n1cnc2c(NC(=O)c3ccccc3)ncnc21.[C-]#[N+]CCOP(=O)(OC[C@H]1O[C@@H](n2cnc3c(=O)[nH]c(NC(=O)C(C)C)nc32)[C@H](OC(=O)O)[C@@H]1F)O[C@H]1[C@H]2OC[C@]1(CC)O[C@H]2n1cnc2c(NC(=O)c3ccccc3)ncnc21. The van der Waals surface area contributed by atoms with Crippen molar-refractivity contribution >= 4 is 120 Å². The molecule has 6 fully saturated rings. The number of phosphoric ester groups is 2. The number of alkyl halides is 2. The predicted octanol–water partition coefficient (Wildman–Crippen LogP) is 7.11. The summed E-state index contributed by atoms with van der Waals surface area (Å²) in [5.74, 6) is -3.17. The maximum Gasteiger partial charge on any atom is 0.506 e. The molecule has 4 unspecified atom stereocenters. The first kappa shape index (κ1) is 93.1. The van der Waals surface area contributed by atoms with Crippen molar-refractivity contribution in [2.75, 3.05) is 80.6 Å². The van der Waals surface area contributed by atoms with Gasteiger partial charge in [-0.15, -0.1) is 0 Å². The molecule has 16 rings (SSSR count). The van der Waals surface area contributed by atoms with Crippen LogP contribution in [0.3, 0.4) is 0 Å². The van der Waals surface area contributed by atoms with Crippen LogP contribution in [0, 0.1) is 25.0 Å². The first-order valence-electron chi connectivity index (χ1n) is 38.5. The van der Waals surface area contributed by atoms with Gasteiger partial charge in [0.05, 0.1) is 58.3 Å². The molecular formula is C75H84F2N22O27P2. The second-order valence-corrected chi connectivity index (χ2v) is 32.6. The number of phosphoric acid groups is 2. The number of nitrogens with zero attached hydrogens (tertiary/aromatic N) is 16. The van der Waals surface area contributed by atoms with Gasteiger partial charge >= 0.3 is 28.0 Å². The average Bonchev–Trinajstić information content (AvgIpc) is 1.56. The highest BCUT2D eigenvalue weighted by molar-refractivity contribution is 7.48. The van der Waals surface area contributed by atoms with E-state index in [1.807, 2.05) is 0 Å². The molecule has 10 aromatic rings. The molecule has 6 aliphatic heterocycles. The third-order valence-corrected chi connectivity index (χ3v) is 23.6. The summed E-state index contributed by atoms with van der Waals surface area (Å²) in [5, 5.41) is 40.1. The van der Waals surface area contributed by atoms with E-state index in [2.05, 4.69) is 90.8 Å². The highest BCUT2D eigenvalue weighted by Gasteiger charge is 2.67. The normalized spacial score (nSPS) is 25.8. The Labute approximate surface area is 721 Å². The Morgan fingerprint density at radius 3 is 1.32 bits per heavy atom. The van der Waals surface area contributed by atoms with Crippen LogP contribution in [-0.4, -0.2) is 261 Å². The maximum atomic E-state index is 16.3. The summed E-state index contributed by atoms with van der Waals surface area (Å²) in [7, 11) is -9.70. The number of anilines is 4. The molecule has 49 nitrogen and oxygen atoms in total. The van der Waals surface area contributed by atoms with Gasteiger partial charge < -0.3 is 73.5 Å². The van der Waals surface area contributed by atoms with Crippen molar-refractivity contribution in [2.45, 2.75) is 153 Å². The van der Waals surface area contributed by atoms with E-state index in [0.29, 0.717) is 11.1 Å². The third-order valence-electron chi connectivity index (χ3n) is 20.7. The van der Waals surface area contributed by atoms with Crippen molar-refractivity contribution in [1.82, 2.24) is 78.1 Å². The fourth-order valence-electron chi connectivity index (χ4n) is 14.4. The average molecular weight is 1830 g/mol. The second-order valence-electron chi connectivity index (χ2n) is 29.4. The van der Waals surface area contributed by atoms with Crippen LogP contribution in [0.2, 0.25) is 0 Å². The van der Waals surface area contributed by atoms with Crippen molar-refractivity contribution in [3.8, 4) is 0 Å². The molecular weight excluding hydrogens is 1740 g/mol. The highest BCUT2D eigenvalue weighted by atomic mass is 31.2. The van der Waals surface area contributed by atoms with Crippen LogP contribution in [0.4, 0.5) is 41.9 Å². The Morgan fingerprint density at radius 1 is 0.555 bits per heavy atom. The van der Waals surface area contributed by atoms with E-state index >= 15 is 8.78 Å². The lowest BCUT2D eigenvalue weighted by atomic mass is 9.96. The number of ether oxygens (including phenoxy) is 8. The summed E-state index contributed by atoms with van der Waals surface area (Å²) < 4.78 is 148. The van der Waals surface area contributed by atoms with Crippen LogP contribution < -0.4 is 32.4 Å². The number of carbonyl (C=O) groups is 6.